The van der Waals surface area contributed by atoms with E-state index in [1.807, 2.05) is 61.5 Å². The van der Waals surface area contributed by atoms with Crippen molar-refractivity contribution in [2.75, 3.05) is 13.2 Å². The molecule has 0 aliphatic carbocycles. The Kier molecular flexibility index (Phi) is 6.33. The van der Waals surface area contributed by atoms with Gasteiger partial charge >= 0.3 is 0 Å². The third kappa shape index (κ3) is 5.01. The first-order chi connectivity index (χ1) is 13.2. The minimum absolute atomic E-state index is 0.167. The van der Waals surface area contributed by atoms with Crippen molar-refractivity contribution in [3.05, 3.63) is 71.7 Å². The highest BCUT2D eigenvalue weighted by atomic mass is 32.2. The van der Waals surface area contributed by atoms with Crippen molar-refractivity contribution >= 4 is 34.6 Å². The quantitative estimate of drug-likeness (QED) is 0.566. The summed E-state index contributed by atoms with van der Waals surface area (Å²) in [4.78, 5) is 17.3. The second kappa shape index (κ2) is 9.09. The Morgan fingerprint density at radius 2 is 1.96 bits per heavy atom. The molecule has 2 aromatic carbocycles. The maximum absolute atomic E-state index is 12.3. The van der Waals surface area contributed by atoms with Gasteiger partial charge in [-0.15, -0.1) is 0 Å². The molecule has 0 radical (unpaired) electrons. The van der Waals surface area contributed by atoms with Crippen LogP contribution in [0.4, 0.5) is 5.69 Å². The fourth-order valence-corrected chi connectivity index (χ4v) is 3.24. The van der Waals surface area contributed by atoms with Crippen molar-refractivity contribution in [2.24, 2.45) is 4.99 Å². The average Bonchev–Trinajstić information content (AvgIpc) is 3.01. The summed E-state index contributed by atoms with van der Waals surface area (Å²) in [5.41, 5.74) is 1.65. The number of amidine groups is 1. The Hall–Kier alpha value is -2.99. The van der Waals surface area contributed by atoms with E-state index in [0.717, 1.165) is 11.3 Å². The Bertz CT molecular complexity index is 892. The fourth-order valence-electron chi connectivity index (χ4n) is 2.40. The molecule has 1 saturated heterocycles. The molecule has 138 valence electrons. The van der Waals surface area contributed by atoms with Crippen LogP contribution in [0.15, 0.2) is 71.1 Å². The number of ether oxygens (including phenoxy) is 2. The first-order valence-electron chi connectivity index (χ1n) is 8.54. The molecule has 1 N–H and O–H groups in total. The number of nitrogens with one attached hydrogen (secondary N) is 1. The summed E-state index contributed by atoms with van der Waals surface area (Å²) in [6.07, 6.45) is 3.49. The van der Waals surface area contributed by atoms with E-state index in [9.17, 15) is 4.79 Å². The van der Waals surface area contributed by atoms with Gasteiger partial charge in [-0.2, -0.15) is 0 Å². The topological polar surface area (TPSA) is 59.9 Å². The van der Waals surface area contributed by atoms with E-state index in [1.165, 1.54) is 11.8 Å². The molecule has 0 spiro atoms. The van der Waals surface area contributed by atoms with E-state index in [1.54, 1.807) is 6.08 Å². The number of hydrogen-bond donors (Lipinski definition) is 1. The molecular weight excluding hydrogens is 360 g/mol. The molecule has 1 amide bonds. The number of aliphatic imine (C=N–C) groups is 1. The summed E-state index contributed by atoms with van der Waals surface area (Å²) >= 11 is 1.31. The van der Waals surface area contributed by atoms with Gasteiger partial charge in [0.15, 0.2) is 16.7 Å². The summed E-state index contributed by atoms with van der Waals surface area (Å²) < 4.78 is 11.2. The monoisotopic (exact) mass is 380 g/mol. The van der Waals surface area contributed by atoms with Gasteiger partial charge in [0.1, 0.15) is 6.61 Å². The maximum Gasteiger partial charge on any atom is 0.264 e. The molecule has 0 unspecified atom stereocenters. The van der Waals surface area contributed by atoms with E-state index < -0.39 is 0 Å². The number of carbonyl (C=O) groups is 1. The van der Waals surface area contributed by atoms with Crippen molar-refractivity contribution in [3.8, 4) is 11.5 Å². The maximum atomic E-state index is 12.3. The molecule has 1 aliphatic rings. The third-order valence-corrected chi connectivity index (χ3v) is 4.47. The number of thioether (sulfide) groups is 1. The van der Waals surface area contributed by atoms with Gasteiger partial charge in [0, 0.05) is 0 Å². The Balaban J connectivity index is 1.81. The van der Waals surface area contributed by atoms with E-state index in [2.05, 4.69) is 16.9 Å². The minimum Gasteiger partial charge on any atom is -0.490 e. The predicted molar refractivity (Wildman–Crippen MR) is 111 cm³/mol. The van der Waals surface area contributed by atoms with Crippen LogP contribution in [0.3, 0.4) is 0 Å². The lowest BCUT2D eigenvalue weighted by molar-refractivity contribution is -0.115. The first-order valence-corrected chi connectivity index (χ1v) is 9.36. The van der Waals surface area contributed by atoms with Gasteiger partial charge < -0.3 is 14.8 Å². The summed E-state index contributed by atoms with van der Waals surface area (Å²) in [6, 6.07) is 15.1. The number of hydrogen-bond acceptors (Lipinski definition) is 5. The number of carbonyl (C=O) groups excluding carboxylic acids is 1. The second-order valence-corrected chi connectivity index (χ2v) is 6.59. The molecule has 1 aliphatic heterocycles. The Labute approximate surface area is 162 Å². The number of nitrogens with zero attached hydrogens (tertiary/aromatic N) is 1. The van der Waals surface area contributed by atoms with Crippen LogP contribution >= 0.6 is 11.8 Å². The molecule has 0 atom stereocenters. The molecule has 0 aromatic heterocycles. The van der Waals surface area contributed by atoms with Crippen LogP contribution < -0.4 is 14.8 Å². The number of rotatable bonds is 7. The molecule has 6 heteroatoms. The second-order valence-electron chi connectivity index (χ2n) is 5.56. The molecule has 3 rings (SSSR count). The SMILES string of the molecule is C=CCOc1ccc(C=C2SC(=Nc3ccccc3)NC2=O)cc1OCC. The molecule has 0 bridgehead atoms. The molecule has 2 aromatic rings. The first kappa shape index (κ1) is 18.8. The normalized spacial score (nSPS) is 16.4. The van der Waals surface area contributed by atoms with Crippen molar-refractivity contribution in [1.29, 1.82) is 0 Å². The van der Waals surface area contributed by atoms with Crippen LogP contribution in [0.25, 0.3) is 6.08 Å². The molecule has 5 nitrogen and oxygen atoms in total. The van der Waals surface area contributed by atoms with Crippen LogP contribution in [0.1, 0.15) is 12.5 Å². The van der Waals surface area contributed by atoms with Crippen LogP contribution in [0.5, 0.6) is 11.5 Å². The van der Waals surface area contributed by atoms with Crippen LogP contribution in [0, 0.1) is 0 Å². The van der Waals surface area contributed by atoms with Gasteiger partial charge in [0.25, 0.3) is 5.91 Å². The molecule has 27 heavy (non-hydrogen) atoms. The zero-order chi connectivity index (χ0) is 19.1. The van der Waals surface area contributed by atoms with Gasteiger partial charge in [0.2, 0.25) is 0 Å². The van der Waals surface area contributed by atoms with E-state index in [4.69, 9.17) is 9.47 Å². The highest BCUT2D eigenvalue weighted by Gasteiger charge is 2.24. The molecular formula is C21H20N2O3S. The molecule has 1 heterocycles. The minimum atomic E-state index is -0.167. The summed E-state index contributed by atoms with van der Waals surface area (Å²) in [5.74, 6) is 1.11. The van der Waals surface area contributed by atoms with Gasteiger partial charge in [-0.3, -0.25) is 4.79 Å². The van der Waals surface area contributed by atoms with Crippen LogP contribution in [-0.2, 0) is 4.79 Å². The smallest absolute Gasteiger partial charge is 0.264 e. The lowest BCUT2D eigenvalue weighted by Crippen LogP contribution is -2.19. The highest BCUT2D eigenvalue weighted by molar-refractivity contribution is 8.18. The van der Waals surface area contributed by atoms with E-state index in [-0.39, 0.29) is 5.91 Å². The zero-order valence-corrected chi connectivity index (χ0v) is 15.8. The van der Waals surface area contributed by atoms with Crippen LogP contribution in [-0.4, -0.2) is 24.3 Å². The van der Waals surface area contributed by atoms with Gasteiger partial charge in [0.05, 0.1) is 17.2 Å². The van der Waals surface area contributed by atoms with Crippen molar-refractivity contribution in [2.45, 2.75) is 6.92 Å². The van der Waals surface area contributed by atoms with Gasteiger partial charge in [-0.1, -0.05) is 36.9 Å². The Morgan fingerprint density at radius 1 is 1.15 bits per heavy atom. The number of para-hydroxylation sites is 1. The summed E-state index contributed by atoms with van der Waals surface area (Å²) in [7, 11) is 0. The lowest BCUT2D eigenvalue weighted by Gasteiger charge is -2.11. The number of benzene rings is 2. The van der Waals surface area contributed by atoms with Crippen molar-refractivity contribution < 1.29 is 14.3 Å². The lowest BCUT2D eigenvalue weighted by atomic mass is 10.2. The average molecular weight is 380 g/mol. The van der Waals surface area contributed by atoms with E-state index in [0.29, 0.717) is 34.8 Å². The van der Waals surface area contributed by atoms with E-state index >= 15 is 0 Å². The van der Waals surface area contributed by atoms with Crippen LogP contribution in [0.2, 0.25) is 0 Å². The zero-order valence-electron chi connectivity index (χ0n) is 15.0. The van der Waals surface area contributed by atoms with Crippen molar-refractivity contribution in [3.63, 3.8) is 0 Å². The summed E-state index contributed by atoms with van der Waals surface area (Å²) in [5, 5.41) is 3.35. The highest BCUT2D eigenvalue weighted by Crippen LogP contribution is 2.32. The van der Waals surface area contributed by atoms with Gasteiger partial charge in [-0.25, -0.2) is 4.99 Å². The predicted octanol–water partition coefficient (Wildman–Crippen LogP) is 4.54. The van der Waals surface area contributed by atoms with Gasteiger partial charge in [-0.05, 0) is 54.6 Å². The fraction of sp³-hybridized carbons (Fsp3) is 0.143. The summed E-state index contributed by atoms with van der Waals surface area (Å²) in [6.45, 7) is 6.48. The molecule has 0 saturated carbocycles. The largest absolute Gasteiger partial charge is 0.490 e. The number of amides is 1. The Morgan fingerprint density at radius 3 is 2.70 bits per heavy atom. The standard InChI is InChI=1S/C21H20N2O3S/c1-3-12-26-17-11-10-15(13-18(17)25-4-2)14-19-20(24)23-21(27-19)22-16-8-6-5-7-9-16/h3,5-11,13-14H,1,4,12H2,2H3,(H,22,23,24). The van der Waals surface area contributed by atoms with Crippen molar-refractivity contribution in [1.82, 2.24) is 5.32 Å². The molecule has 1 fully saturated rings. The third-order valence-electron chi connectivity index (χ3n) is 3.56.